The predicted octanol–water partition coefficient (Wildman–Crippen LogP) is 1.90. The smallest absolute Gasteiger partial charge is 0.307 e. The third-order valence-electron chi connectivity index (χ3n) is 2.13. The Kier molecular flexibility index (Phi) is 2.99. The molecule has 0 aromatic rings. The van der Waals surface area contributed by atoms with Crippen molar-refractivity contribution in [3.05, 3.63) is 0 Å². The third kappa shape index (κ3) is 2.33. The van der Waals surface area contributed by atoms with E-state index >= 15 is 0 Å². The minimum atomic E-state index is -0.664. The van der Waals surface area contributed by atoms with E-state index in [4.69, 9.17) is 5.11 Å². The molecule has 1 rings (SSSR count). The third-order valence-corrected chi connectivity index (χ3v) is 4.40. The Morgan fingerprint density at radius 2 is 2.25 bits per heavy atom. The van der Waals surface area contributed by atoms with Crippen LogP contribution in [-0.2, 0) is 4.79 Å². The van der Waals surface area contributed by atoms with Crippen molar-refractivity contribution in [1.82, 2.24) is 0 Å². The molecule has 0 spiro atoms. The van der Waals surface area contributed by atoms with Gasteiger partial charge in [-0.05, 0) is 20.3 Å². The Hall–Kier alpha value is 0.170. The maximum atomic E-state index is 10.6. The number of hydrogen-bond acceptors (Lipinski definition) is 3. The standard InChI is InChI=1S/C8H14O2S2/c1-8(2,11)6-3-5(4-12-6)7(9)10/h5-6,11H,3-4H2,1-2H3,(H,9,10)/t5-,6+/m0/s1. The van der Waals surface area contributed by atoms with E-state index in [1.54, 1.807) is 11.8 Å². The Labute approximate surface area is 82.5 Å². The van der Waals surface area contributed by atoms with Gasteiger partial charge in [0, 0.05) is 15.7 Å². The number of hydrogen-bond donors (Lipinski definition) is 2. The van der Waals surface area contributed by atoms with Crippen molar-refractivity contribution in [3.63, 3.8) is 0 Å². The molecule has 1 saturated heterocycles. The van der Waals surface area contributed by atoms with Gasteiger partial charge in [0.05, 0.1) is 5.92 Å². The number of rotatable bonds is 2. The number of thiol groups is 1. The van der Waals surface area contributed by atoms with Crippen molar-refractivity contribution in [2.45, 2.75) is 30.3 Å². The van der Waals surface area contributed by atoms with Crippen LogP contribution < -0.4 is 0 Å². The van der Waals surface area contributed by atoms with Crippen molar-refractivity contribution in [2.75, 3.05) is 5.75 Å². The lowest BCUT2D eigenvalue weighted by atomic mass is 9.99. The Morgan fingerprint density at radius 3 is 2.50 bits per heavy atom. The number of aliphatic carboxylic acids is 1. The minimum absolute atomic E-state index is 0.0606. The Balaban J connectivity index is 2.51. The van der Waals surface area contributed by atoms with E-state index in [0.29, 0.717) is 5.25 Å². The van der Waals surface area contributed by atoms with E-state index < -0.39 is 5.97 Å². The van der Waals surface area contributed by atoms with Gasteiger partial charge in [-0.15, -0.1) is 0 Å². The van der Waals surface area contributed by atoms with Crippen molar-refractivity contribution < 1.29 is 9.90 Å². The quantitative estimate of drug-likeness (QED) is 0.678. The number of carboxylic acids is 1. The topological polar surface area (TPSA) is 37.3 Å². The normalized spacial score (nSPS) is 30.6. The molecule has 1 fully saturated rings. The van der Waals surface area contributed by atoms with E-state index in [9.17, 15) is 4.79 Å². The van der Waals surface area contributed by atoms with Crippen molar-refractivity contribution in [3.8, 4) is 0 Å². The Morgan fingerprint density at radius 1 is 1.67 bits per heavy atom. The van der Waals surface area contributed by atoms with E-state index in [0.717, 1.165) is 12.2 Å². The maximum Gasteiger partial charge on any atom is 0.307 e. The van der Waals surface area contributed by atoms with Gasteiger partial charge >= 0.3 is 5.97 Å². The lowest BCUT2D eigenvalue weighted by Crippen LogP contribution is -2.26. The molecule has 0 amide bonds. The van der Waals surface area contributed by atoms with Crippen LogP contribution in [0.1, 0.15) is 20.3 Å². The average Bonchev–Trinajstić information content (AvgIpc) is 2.30. The first-order chi connectivity index (χ1) is 5.41. The van der Waals surface area contributed by atoms with E-state index in [1.807, 2.05) is 13.8 Å². The molecule has 0 unspecified atom stereocenters. The molecule has 0 saturated carbocycles. The number of thioether (sulfide) groups is 1. The van der Waals surface area contributed by atoms with Gasteiger partial charge in [0.25, 0.3) is 0 Å². The van der Waals surface area contributed by atoms with Crippen LogP contribution in [0.4, 0.5) is 0 Å². The summed E-state index contributed by atoms with van der Waals surface area (Å²) in [5.41, 5.74) is 0. The van der Waals surface area contributed by atoms with Crippen LogP contribution in [0.15, 0.2) is 0 Å². The molecule has 0 aromatic heterocycles. The van der Waals surface area contributed by atoms with Gasteiger partial charge in [-0.2, -0.15) is 24.4 Å². The molecule has 1 aliphatic rings. The molecule has 4 heteroatoms. The second-order valence-electron chi connectivity index (χ2n) is 3.75. The molecule has 1 N–H and O–H groups in total. The summed E-state index contributed by atoms with van der Waals surface area (Å²) >= 11 is 6.17. The molecular formula is C8H14O2S2. The van der Waals surface area contributed by atoms with Gasteiger partial charge in [-0.1, -0.05) is 0 Å². The summed E-state index contributed by atoms with van der Waals surface area (Å²) in [5.74, 6) is -0.0849. The van der Waals surface area contributed by atoms with Crippen LogP contribution >= 0.6 is 24.4 Å². The first-order valence-electron chi connectivity index (χ1n) is 3.98. The summed E-state index contributed by atoms with van der Waals surface area (Å²) < 4.78 is -0.0606. The zero-order chi connectivity index (χ0) is 9.35. The highest BCUT2D eigenvalue weighted by Gasteiger charge is 2.37. The largest absolute Gasteiger partial charge is 0.481 e. The zero-order valence-corrected chi connectivity index (χ0v) is 8.99. The van der Waals surface area contributed by atoms with Crippen LogP contribution in [-0.4, -0.2) is 26.8 Å². The van der Waals surface area contributed by atoms with Crippen LogP contribution in [0.2, 0.25) is 0 Å². The highest BCUT2D eigenvalue weighted by molar-refractivity contribution is 8.01. The van der Waals surface area contributed by atoms with E-state index in [1.165, 1.54) is 0 Å². The van der Waals surface area contributed by atoms with E-state index in [-0.39, 0.29) is 10.7 Å². The molecular weight excluding hydrogens is 192 g/mol. The lowest BCUT2D eigenvalue weighted by Gasteiger charge is -2.24. The number of carbonyl (C=O) groups is 1. The van der Waals surface area contributed by atoms with Gasteiger partial charge in [0.1, 0.15) is 0 Å². The molecule has 2 atom stereocenters. The molecule has 1 heterocycles. The van der Waals surface area contributed by atoms with Crippen LogP contribution in [0.3, 0.4) is 0 Å². The van der Waals surface area contributed by atoms with Crippen molar-refractivity contribution in [1.29, 1.82) is 0 Å². The molecule has 0 radical (unpaired) electrons. The minimum Gasteiger partial charge on any atom is -0.481 e. The van der Waals surface area contributed by atoms with E-state index in [2.05, 4.69) is 12.6 Å². The molecule has 0 bridgehead atoms. The second-order valence-corrected chi connectivity index (χ2v) is 6.13. The van der Waals surface area contributed by atoms with Crippen LogP contribution in [0.5, 0.6) is 0 Å². The summed E-state index contributed by atoms with van der Waals surface area (Å²) in [6.07, 6.45) is 0.760. The van der Waals surface area contributed by atoms with Crippen molar-refractivity contribution >= 4 is 30.4 Å². The highest BCUT2D eigenvalue weighted by Crippen LogP contribution is 2.40. The number of carboxylic acid groups (broad SMARTS) is 1. The fraction of sp³-hybridized carbons (Fsp3) is 0.875. The molecule has 2 nitrogen and oxygen atoms in total. The SMILES string of the molecule is CC(C)(S)[C@H]1C[C@H](C(=O)O)CS1. The summed E-state index contributed by atoms with van der Waals surface area (Å²) in [5, 5.41) is 9.14. The molecule has 0 aromatic carbocycles. The molecule has 12 heavy (non-hydrogen) atoms. The molecule has 0 aliphatic carbocycles. The fourth-order valence-corrected chi connectivity index (χ4v) is 3.14. The van der Waals surface area contributed by atoms with Crippen molar-refractivity contribution in [2.24, 2.45) is 5.92 Å². The molecule has 1 aliphatic heterocycles. The zero-order valence-electron chi connectivity index (χ0n) is 7.28. The van der Waals surface area contributed by atoms with Gasteiger partial charge in [0.15, 0.2) is 0 Å². The summed E-state index contributed by atoms with van der Waals surface area (Å²) in [7, 11) is 0. The first-order valence-corrected chi connectivity index (χ1v) is 5.47. The van der Waals surface area contributed by atoms with Gasteiger partial charge in [-0.25, -0.2) is 0 Å². The van der Waals surface area contributed by atoms with Crippen LogP contribution in [0, 0.1) is 5.92 Å². The lowest BCUT2D eigenvalue weighted by molar-refractivity contribution is -0.140. The highest BCUT2D eigenvalue weighted by atomic mass is 32.2. The molecule has 70 valence electrons. The first kappa shape index (κ1) is 10.3. The second kappa shape index (κ2) is 3.50. The average molecular weight is 206 g/mol. The maximum absolute atomic E-state index is 10.6. The van der Waals surface area contributed by atoms with Gasteiger partial charge in [0.2, 0.25) is 0 Å². The fourth-order valence-electron chi connectivity index (χ4n) is 1.29. The summed E-state index contributed by atoms with van der Waals surface area (Å²) in [4.78, 5) is 10.6. The summed E-state index contributed by atoms with van der Waals surface area (Å²) in [6.45, 7) is 4.08. The monoisotopic (exact) mass is 206 g/mol. The summed E-state index contributed by atoms with van der Waals surface area (Å²) in [6, 6.07) is 0. The van der Waals surface area contributed by atoms with Gasteiger partial charge < -0.3 is 5.11 Å². The predicted molar refractivity (Wildman–Crippen MR) is 55.1 cm³/mol. The Bertz CT molecular complexity index is 186. The van der Waals surface area contributed by atoms with Crippen LogP contribution in [0.25, 0.3) is 0 Å². The van der Waals surface area contributed by atoms with Gasteiger partial charge in [-0.3, -0.25) is 4.79 Å².